The standard InChI is InChI=1S/C27H20ClN3O5S/c1-27(2,3)24(32)21(15-29)26-30(18-9-7-17(28)8-10-18)25(33)23(37-26)14-20-11-12-22(36-20)16-5-4-6-19(13-16)31(34)35/h4-14H,1-3H3. The van der Waals surface area contributed by atoms with E-state index in [9.17, 15) is 25.0 Å². The van der Waals surface area contributed by atoms with E-state index < -0.39 is 21.7 Å². The molecule has 0 unspecified atom stereocenters. The zero-order valence-electron chi connectivity index (χ0n) is 20.0. The van der Waals surface area contributed by atoms with Crippen LogP contribution in [0, 0.1) is 26.9 Å². The number of aromatic nitrogens is 1. The van der Waals surface area contributed by atoms with Gasteiger partial charge < -0.3 is 4.42 Å². The molecule has 4 rings (SSSR count). The van der Waals surface area contributed by atoms with Crippen LogP contribution < -0.4 is 14.8 Å². The van der Waals surface area contributed by atoms with Gasteiger partial charge in [0.05, 0.1) is 15.1 Å². The summed E-state index contributed by atoms with van der Waals surface area (Å²) in [4.78, 5) is 37.2. The smallest absolute Gasteiger partial charge is 0.273 e. The highest BCUT2D eigenvalue weighted by Gasteiger charge is 2.27. The van der Waals surface area contributed by atoms with E-state index in [1.807, 2.05) is 6.07 Å². The molecule has 2 aromatic heterocycles. The minimum Gasteiger partial charge on any atom is -0.457 e. The molecule has 0 bridgehead atoms. The van der Waals surface area contributed by atoms with Gasteiger partial charge in [0.15, 0.2) is 5.78 Å². The van der Waals surface area contributed by atoms with Gasteiger partial charge in [-0.15, -0.1) is 11.3 Å². The average Bonchev–Trinajstić information content (AvgIpc) is 3.45. The van der Waals surface area contributed by atoms with Gasteiger partial charge in [-0.1, -0.05) is 44.5 Å². The quantitative estimate of drug-likeness (QED) is 0.267. The normalized spacial score (nSPS) is 12.8. The lowest BCUT2D eigenvalue weighted by Gasteiger charge is -2.15. The number of carbonyl (C=O) groups is 1. The van der Waals surface area contributed by atoms with Crippen molar-refractivity contribution in [3.8, 4) is 23.1 Å². The molecule has 0 amide bonds. The summed E-state index contributed by atoms with van der Waals surface area (Å²) in [7, 11) is 0. The predicted molar refractivity (Wildman–Crippen MR) is 142 cm³/mol. The minimum atomic E-state index is -0.839. The number of thiazole rings is 1. The Labute approximate surface area is 220 Å². The number of carbonyl (C=O) groups excluding carboxylic acids is 1. The number of halogens is 1. The Morgan fingerprint density at radius 1 is 1.16 bits per heavy atom. The van der Waals surface area contributed by atoms with Crippen LogP contribution in [0.5, 0.6) is 0 Å². The Morgan fingerprint density at radius 2 is 1.86 bits per heavy atom. The van der Waals surface area contributed by atoms with Crippen LogP contribution in [-0.4, -0.2) is 15.3 Å². The second kappa shape index (κ2) is 10.0. The molecule has 37 heavy (non-hydrogen) atoms. The van der Waals surface area contributed by atoms with Gasteiger partial charge in [-0.2, -0.15) is 5.26 Å². The number of nitrogens with zero attached hydrogens (tertiary/aromatic N) is 3. The number of rotatable bonds is 5. The van der Waals surface area contributed by atoms with Crippen molar-refractivity contribution in [3.05, 3.63) is 101 Å². The topological polar surface area (TPSA) is 119 Å². The third-order valence-electron chi connectivity index (χ3n) is 5.38. The van der Waals surface area contributed by atoms with E-state index in [1.165, 1.54) is 22.8 Å². The first-order valence-corrected chi connectivity index (χ1v) is 12.2. The fourth-order valence-electron chi connectivity index (χ4n) is 3.53. The Morgan fingerprint density at radius 3 is 2.49 bits per heavy atom. The number of ketones is 1. The number of nitro groups is 1. The summed E-state index contributed by atoms with van der Waals surface area (Å²) in [5.41, 5.74) is -0.516. The van der Waals surface area contributed by atoms with Crippen LogP contribution in [0.3, 0.4) is 0 Å². The van der Waals surface area contributed by atoms with Crippen molar-refractivity contribution in [1.82, 2.24) is 4.57 Å². The lowest BCUT2D eigenvalue weighted by Crippen LogP contribution is -2.33. The van der Waals surface area contributed by atoms with Crippen molar-refractivity contribution in [2.45, 2.75) is 20.8 Å². The number of nitro benzene ring substituents is 1. The molecule has 10 heteroatoms. The molecule has 0 aliphatic rings. The number of Topliss-reactive ketones (excluding diaryl/α,β-unsaturated/α-hetero) is 1. The monoisotopic (exact) mass is 533 g/mol. The first-order chi connectivity index (χ1) is 17.5. The Kier molecular flexibility index (Phi) is 6.99. The second-order valence-electron chi connectivity index (χ2n) is 9.11. The van der Waals surface area contributed by atoms with E-state index in [0.717, 1.165) is 11.3 Å². The average molecular weight is 534 g/mol. The third kappa shape index (κ3) is 5.31. The van der Waals surface area contributed by atoms with Gasteiger partial charge in [-0.25, -0.2) is 0 Å². The zero-order chi connectivity index (χ0) is 26.9. The Hall–Kier alpha value is -4.26. The fraction of sp³-hybridized carbons (Fsp3) is 0.148. The van der Waals surface area contributed by atoms with Crippen LogP contribution >= 0.6 is 22.9 Å². The van der Waals surface area contributed by atoms with E-state index >= 15 is 0 Å². The van der Waals surface area contributed by atoms with E-state index in [-0.39, 0.29) is 20.5 Å². The van der Waals surface area contributed by atoms with E-state index in [4.69, 9.17) is 16.0 Å². The molecule has 0 fully saturated rings. The van der Waals surface area contributed by atoms with E-state index in [2.05, 4.69) is 0 Å². The summed E-state index contributed by atoms with van der Waals surface area (Å²) in [6.45, 7) is 5.11. The molecule has 0 saturated heterocycles. The van der Waals surface area contributed by atoms with Gasteiger partial charge in [0.1, 0.15) is 27.8 Å². The van der Waals surface area contributed by atoms with Gasteiger partial charge in [0, 0.05) is 34.2 Å². The zero-order valence-corrected chi connectivity index (χ0v) is 21.6. The predicted octanol–water partition coefficient (Wildman–Crippen LogP) is 4.84. The molecule has 2 heterocycles. The highest BCUT2D eigenvalue weighted by atomic mass is 35.5. The van der Waals surface area contributed by atoms with Crippen LogP contribution in [0.25, 0.3) is 28.7 Å². The molecule has 8 nitrogen and oxygen atoms in total. The molecule has 0 saturated carbocycles. The van der Waals surface area contributed by atoms with Crippen molar-refractivity contribution in [2.24, 2.45) is 5.41 Å². The molecule has 0 aliphatic carbocycles. The number of nitriles is 1. The highest BCUT2D eigenvalue weighted by Crippen LogP contribution is 2.26. The van der Waals surface area contributed by atoms with Gasteiger partial charge >= 0.3 is 0 Å². The third-order valence-corrected chi connectivity index (χ3v) is 6.73. The van der Waals surface area contributed by atoms with Crippen LogP contribution in [0.4, 0.5) is 5.69 Å². The maximum Gasteiger partial charge on any atom is 0.273 e. The molecule has 186 valence electrons. The van der Waals surface area contributed by atoms with Gasteiger partial charge in [-0.3, -0.25) is 24.3 Å². The molecule has 0 radical (unpaired) electrons. The van der Waals surface area contributed by atoms with Crippen molar-refractivity contribution in [1.29, 1.82) is 5.26 Å². The minimum absolute atomic E-state index is 0.0729. The first kappa shape index (κ1) is 25.8. The maximum absolute atomic E-state index is 13.5. The van der Waals surface area contributed by atoms with Crippen LogP contribution in [0.1, 0.15) is 26.5 Å². The SMILES string of the molecule is CC(C)(C)C(=O)C(C#N)=c1sc(=Cc2ccc(-c3cccc([N+](=O)[O-])c3)o2)c(=O)n1-c1ccc(Cl)cc1. The Bertz CT molecular complexity index is 1750. The molecule has 4 aromatic rings. The lowest BCUT2D eigenvalue weighted by molar-refractivity contribution is -0.384. The van der Waals surface area contributed by atoms with Crippen molar-refractivity contribution < 1.29 is 14.1 Å². The summed E-state index contributed by atoms with van der Waals surface area (Å²) in [6.07, 6.45) is 1.51. The van der Waals surface area contributed by atoms with E-state index in [1.54, 1.807) is 69.3 Å². The molecule has 2 aromatic carbocycles. The molecular weight excluding hydrogens is 514 g/mol. The number of benzene rings is 2. The number of hydrogen-bond donors (Lipinski definition) is 0. The summed E-state index contributed by atoms with van der Waals surface area (Å²) in [5, 5.41) is 21.5. The van der Waals surface area contributed by atoms with Gasteiger partial charge in [-0.05, 0) is 36.4 Å². The van der Waals surface area contributed by atoms with Crippen molar-refractivity contribution in [2.75, 3.05) is 0 Å². The summed E-state index contributed by atoms with van der Waals surface area (Å²) >= 11 is 7.02. The van der Waals surface area contributed by atoms with Crippen molar-refractivity contribution >= 4 is 46.1 Å². The molecule has 0 atom stereocenters. The van der Waals surface area contributed by atoms with Crippen molar-refractivity contribution in [3.63, 3.8) is 0 Å². The van der Waals surface area contributed by atoms with Crippen LogP contribution in [0.2, 0.25) is 5.02 Å². The molecule has 0 N–H and O–H groups in total. The highest BCUT2D eigenvalue weighted by molar-refractivity contribution is 7.07. The maximum atomic E-state index is 13.5. The summed E-state index contributed by atoms with van der Waals surface area (Å²) in [5.74, 6) is 0.323. The van der Waals surface area contributed by atoms with Crippen LogP contribution in [0.15, 0.2) is 69.9 Å². The summed E-state index contributed by atoms with van der Waals surface area (Å²) in [6, 6.07) is 17.8. The lowest BCUT2D eigenvalue weighted by atomic mass is 9.87. The fourth-order valence-corrected chi connectivity index (χ4v) is 4.74. The second-order valence-corrected chi connectivity index (χ2v) is 10.6. The Balaban J connectivity index is 1.93. The van der Waals surface area contributed by atoms with E-state index in [0.29, 0.717) is 27.8 Å². The largest absolute Gasteiger partial charge is 0.457 e. The van der Waals surface area contributed by atoms with Crippen LogP contribution in [-0.2, 0) is 4.79 Å². The van der Waals surface area contributed by atoms with Gasteiger partial charge in [0.2, 0.25) is 0 Å². The molecular formula is C27H20ClN3O5S. The first-order valence-electron chi connectivity index (χ1n) is 11.0. The number of hydrogen-bond acceptors (Lipinski definition) is 7. The molecule has 0 aliphatic heterocycles. The molecule has 0 spiro atoms. The van der Waals surface area contributed by atoms with Gasteiger partial charge in [0.25, 0.3) is 11.2 Å². The number of non-ortho nitro benzene ring substituents is 1. The summed E-state index contributed by atoms with van der Waals surface area (Å²) < 4.78 is 7.60. The number of furan rings is 1.